The van der Waals surface area contributed by atoms with Gasteiger partial charge in [-0.05, 0) is 56.3 Å². The molecule has 0 bridgehead atoms. The van der Waals surface area contributed by atoms with E-state index < -0.39 is 0 Å². The lowest BCUT2D eigenvalue weighted by molar-refractivity contribution is 0.0998. The highest BCUT2D eigenvalue weighted by Gasteiger charge is 2.18. The van der Waals surface area contributed by atoms with Crippen molar-refractivity contribution < 1.29 is 13.6 Å². The summed E-state index contributed by atoms with van der Waals surface area (Å²) in [5.74, 6) is 0.458. The van der Waals surface area contributed by atoms with Crippen LogP contribution in [0.2, 0.25) is 0 Å². The first-order valence-electron chi connectivity index (χ1n) is 9.21. The van der Waals surface area contributed by atoms with Crippen molar-refractivity contribution in [2.24, 2.45) is 0 Å². The molecule has 0 radical (unpaired) electrons. The van der Waals surface area contributed by atoms with Gasteiger partial charge in [-0.25, -0.2) is 4.98 Å². The van der Waals surface area contributed by atoms with Crippen LogP contribution in [0.5, 0.6) is 0 Å². The molecule has 0 aliphatic carbocycles. The van der Waals surface area contributed by atoms with Crippen LogP contribution in [0.15, 0.2) is 69.6 Å². The minimum Gasteiger partial charge on any atom is -0.451 e. The molecule has 6 nitrogen and oxygen atoms in total. The van der Waals surface area contributed by atoms with Gasteiger partial charge in [0.05, 0.1) is 0 Å². The molecular weight excluding hydrogens is 366 g/mol. The van der Waals surface area contributed by atoms with Gasteiger partial charge in [0.2, 0.25) is 5.89 Å². The van der Waals surface area contributed by atoms with Crippen molar-refractivity contribution in [3.05, 3.63) is 77.7 Å². The van der Waals surface area contributed by atoms with Crippen molar-refractivity contribution in [1.82, 2.24) is 9.97 Å². The predicted molar refractivity (Wildman–Crippen MR) is 111 cm³/mol. The molecule has 0 aliphatic heterocycles. The Labute approximate surface area is 166 Å². The number of aryl methyl sites for hydroxylation is 2. The standard InChI is InChI=1S/C23H17N3O3/c1-13-8-9-18-17(11-13)14(2)20(28-18)22(27)25-16-6-3-5-15(12-16)23-26-21-19(29-23)7-4-10-24-21/h3-12H,1-2H3,(H,25,27). The highest BCUT2D eigenvalue weighted by Crippen LogP contribution is 2.28. The molecule has 0 aliphatic rings. The van der Waals surface area contributed by atoms with E-state index in [1.807, 2.05) is 62.4 Å². The summed E-state index contributed by atoms with van der Waals surface area (Å²) in [6, 6.07) is 16.8. The third-order valence-electron chi connectivity index (χ3n) is 4.83. The van der Waals surface area contributed by atoms with Crippen LogP contribution in [0.25, 0.3) is 33.7 Å². The molecule has 3 heterocycles. The number of aromatic nitrogens is 2. The van der Waals surface area contributed by atoms with Crippen LogP contribution in [-0.4, -0.2) is 15.9 Å². The average Bonchev–Trinajstić information content (AvgIpc) is 3.30. The second-order valence-corrected chi connectivity index (χ2v) is 6.93. The van der Waals surface area contributed by atoms with E-state index in [4.69, 9.17) is 8.83 Å². The summed E-state index contributed by atoms with van der Waals surface area (Å²) in [7, 11) is 0. The van der Waals surface area contributed by atoms with Crippen LogP contribution < -0.4 is 5.32 Å². The van der Waals surface area contributed by atoms with Crippen LogP contribution in [0, 0.1) is 13.8 Å². The number of fused-ring (bicyclic) bond motifs is 2. The number of pyridine rings is 1. The zero-order chi connectivity index (χ0) is 20.0. The van der Waals surface area contributed by atoms with Crippen LogP contribution in [0.1, 0.15) is 21.7 Å². The largest absolute Gasteiger partial charge is 0.451 e. The Morgan fingerprint density at radius 1 is 0.966 bits per heavy atom. The zero-order valence-corrected chi connectivity index (χ0v) is 15.9. The Hall–Kier alpha value is -3.93. The number of hydrogen-bond donors (Lipinski definition) is 1. The first-order chi connectivity index (χ1) is 14.1. The molecule has 5 aromatic rings. The second-order valence-electron chi connectivity index (χ2n) is 6.93. The highest BCUT2D eigenvalue weighted by molar-refractivity contribution is 6.06. The first kappa shape index (κ1) is 17.2. The molecule has 3 aromatic heterocycles. The number of rotatable bonds is 3. The Morgan fingerprint density at radius 3 is 2.72 bits per heavy atom. The lowest BCUT2D eigenvalue weighted by atomic mass is 10.1. The molecule has 0 spiro atoms. The van der Waals surface area contributed by atoms with Crippen molar-refractivity contribution in [3.8, 4) is 11.5 Å². The minimum absolute atomic E-state index is 0.298. The topological polar surface area (TPSA) is 81.2 Å². The van der Waals surface area contributed by atoms with Gasteiger partial charge in [-0.15, -0.1) is 0 Å². The summed E-state index contributed by atoms with van der Waals surface area (Å²) in [5, 5.41) is 3.85. The smallest absolute Gasteiger partial charge is 0.291 e. The maximum absolute atomic E-state index is 12.8. The van der Waals surface area contributed by atoms with Gasteiger partial charge < -0.3 is 14.2 Å². The summed E-state index contributed by atoms with van der Waals surface area (Å²) in [6.45, 7) is 3.90. The number of nitrogens with zero attached hydrogens (tertiary/aromatic N) is 2. The SMILES string of the molecule is Cc1ccc2oc(C(=O)Nc3cccc(-c4nc5ncccc5o4)c3)c(C)c2c1. The minimum atomic E-state index is -0.298. The molecule has 6 heteroatoms. The van der Waals surface area contributed by atoms with E-state index in [0.717, 1.165) is 22.1 Å². The van der Waals surface area contributed by atoms with Gasteiger partial charge in [0.25, 0.3) is 5.91 Å². The summed E-state index contributed by atoms with van der Waals surface area (Å²) in [5.41, 5.74) is 5.18. The van der Waals surface area contributed by atoms with Gasteiger partial charge in [0.15, 0.2) is 17.0 Å². The molecule has 2 aromatic carbocycles. The van der Waals surface area contributed by atoms with E-state index in [1.165, 1.54) is 0 Å². The zero-order valence-electron chi connectivity index (χ0n) is 15.9. The monoisotopic (exact) mass is 383 g/mol. The van der Waals surface area contributed by atoms with Crippen LogP contribution >= 0.6 is 0 Å². The maximum Gasteiger partial charge on any atom is 0.291 e. The third-order valence-corrected chi connectivity index (χ3v) is 4.83. The number of anilines is 1. The van der Waals surface area contributed by atoms with Crippen LogP contribution in [0.3, 0.4) is 0 Å². The number of carbonyl (C=O) groups is 1. The van der Waals surface area contributed by atoms with Crippen LogP contribution in [-0.2, 0) is 0 Å². The van der Waals surface area contributed by atoms with E-state index in [2.05, 4.69) is 15.3 Å². The van der Waals surface area contributed by atoms with E-state index >= 15 is 0 Å². The summed E-state index contributed by atoms with van der Waals surface area (Å²) in [6.07, 6.45) is 1.67. The molecule has 0 unspecified atom stereocenters. The van der Waals surface area contributed by atoms with Gasteiger partial charge in [0, 0.05) is 28.4 Å². The normalized spacial score (nSPS) is 11.2. The molecular formula is C23H17N3O3. The van der Waals surface area contributed by atoms with Gasteiger partial charge in [-0.2, -0.15) is 4.98 Å². The lowest BCUT2D eigenvalue weighted by Gasteiger charge is -2.05. The summed E-state index contributed by atoms with van der Waals surface area (Å²) < 4.78 is 11.6. The fourth-order valence-electron chi connectivity index (χ4n) is 3.36. The molecule has 0 atom stereocenters. The fraction of sp³-hybridized carbons (Fsp3) is 0.0870. The quantitative estimate of drug-likeness (QED) is 0.444. The number of hydrogen-bond acceptors (Lipinski definition) is 5. The molecule has 5 rings (SSSR count). The second kappa shape index (κ2) is 6.60. The van der Waals surface area contributed by atoms with Gasteiger partial charge in [-0.1, -0.05) is 17.7 Å². The predicted octanol–water partition coefficient (Wildman–Crippen LogP) is 5.51. The molecule has 0 fully saturated rings. The number of furan rings is 1. The van der Waals surface area contributed by atoms with Crippen LogP contribution in [0.4, 0.5) is 5.69 Å². The number of nitrogens with one attached hydrogen (secondary N) is 1. The summed E-state index contributed by atoms with van der Waals surface area (Å²) >= 11 is 0. The molecule has 0 saturated heterocycles. The Balaban J connectivity index is 1.46. The van der Waals surface area contributed by atoms with E-state index in [9.17, 15) is 4.79 Å². The Bertz CT molecular complexity index is 1350. The lowest BCUT2D eigenvalue weighted by Crippen LogP contribution is -2.12. The van der Waals surface area contributed by atoms with E-state index in [1.54, 1.807) is 12.3 Å². The Morgan fingerprint density at radius 2 is 1.86 bits per heavy atom. The molecule has 29 heavy (non-hydrogen) atoms. The molecule has 1 amide bonds. The molecule has 0 saturated carbocycles. The number of benzene rings is 2. The van der Waals surface area contributed by atoms with Gasteiger partial charge >= 0.3 is 0 Å². The van der Waals surface area contributed by atoms with Crippen molar-refractivity contribution >= 4 is 33.8 Å². The van der Waals surface area contributed by atoms with Crippen molar-refractivity contribution in [1.29, 1.82) is 0 Å². The Kier molecular flexibility index (Phi) is 3.91. The maximum atomic E-state index is 12.8. The van der Waals surface area contributed by atoms with Crippen molar-refractivity contribution in [2.75, 3.05) is 5.32 Å². The first-order valence-corrected chi connectivity index (χ1v) is 9.21. The summed E-state index contributed by atoms with van der Waals surface area (Å²) in [4.78, 5) is 21.4. The van der Waals surface area contributed by atoms with E-state index in [-0.39, 0.29) is 5.91 Å². The van der Waals surface area contributed by atoms with Crippen molar-refractivity contribution in [2.45, 2.75) is 13.8 Å². The fourth-order valence-corrected chi connectivity index (χ4v) is 3.36. The number of oxazole rings is 1. The van der Waals surface area contributed by atoms with Crippen molar-refractivity contribution in [3.63, 3.8) is 0 Å². The third kappa shape index (κ3) is 3.04. The molecule has 142 valence electrons. The number of carbonyl (C=O) groups excluding carboxylic acids is 1. The van der Waals surface area contributed by atoms with Gasteiger partial charge in [0.1, 0.15) is 5.58 Å². The molecule has 1 N–H and O–H groups in total. The van der Waals surface area contributed by atoms with E-state index in [0.29, 0.717) is 34.2 Å². The average molecular weight is 383 g/mol. The number of amides is 1. The highest BCUT2D eigenvalue weighted by atomic mass is 16.4. The van der Waals surface area contributed by atoms with Gasteiger partial charge in [-0.3, -0.25) is 4.79 Å².